The molecule has 0 amide bonds. The summed E-state index contributed by atoms with van der Waals surface area (Å²) in [4.78, 5) is 30.0. The molecule has 0 heterocycles. The van der Waals surface area contributed by atoms with Crippen LogP contribution in [0.2, 0.25) is 19.6 Å². The van der Waals surface area contributed by atoms with Crippen LogP contribution in [-0.4, -0.2) is 41.8 Å². The van der Waals surface area contributed by atoms with Gasteiger partial charge in [-0.3, -0.25) is 9.36 Å². The zero-order chi connectivity index (χ0) is 13.9. The van der Waals surface area contributed by atoms with Gasteiger partial charge in [0.05, 0.1) is 20.0 Å². The van der Waals surface area contributed by atoms with E-state index in [1.807, 2.05) is 19.6 Å². The molecule has 0 aromatic rings. The van der Waals surface area contributed by atoms with Gasteiger partial charge in [-0.05, 0) is 13.3 Å². The fourth-order valence-corrected chi connectivity index (χ4v) is 7.08. The Hall–Kier alpha value is -0.203. The van der Waals surface area contributed by atoms with Gasteiger partial charge in [0.2, 0.25) is 0 Å². The van der Waals surface area contributed by atoms with Crippen LogP contribution in [0.15, 0.2) is 0 Å². The van der Waals surface area contributed by atoms with E-state index in [-0.39, 0.29) is 13.0 Å². The molecule has 0 aromatic heterocycles. The predicted molar refractivity (Wildman–Crippen MR) is 68.4 cm³/mol. The van der Waals surface area contributed by atoms with Gasteiger partial charge in [0.15, 0.2) is 0 Å². The number of hydrogen-bond donors (Lipinski definition) is 3. The SMILES string of the molecule is CCOC(=O)[C@@H](N)C[C@@H]([Si](C)(C)C)P(=O)(O)O. The van der Waals surface area contributed by atoms with Crippen LogP contribution in [-0.2, 0) is 14.1 Å². The molecule has 0 saturated carbocycles. The lowest BCUT2D eigenvalue weighted by Crippen LogP contribution is -2.45. The van der Waals surface area contributed by atoms with Crippen LogP contribution >= 0.6 is 7.60 Å². The maximum absolute atomic E-state index is 11.4. The minimum atomic E-state index is -4.24. The number of carbonyl (C=O) groups excluding carboxylic acids is 1. The van der Waals surface area contributed by atoms with Crippen LogP contribution in [0.4, 0.5) is 0 Å². The molecule has 0 aliphatic rings. The second-order valence-electron chi connectivity index (χ2n) is 5.07. The summed E-state index contributed by atoms with van der Waals surface area (Å²) in [7, 11) is -6.34. The van der Waals surface area contributed by atoms with Gasteiger partial charge in [-0.1, -0.05) is 19.6 Å². The molecule has 2 atom stereocenters. The van der Waals surface area contributed by atoms with Gasteiger partial charge in [-0.15, -0.1) is 0 Å². The van der Waals surface area contributed by atoms with Crippen molar-refractivity contribution in [3.8, 4) is 0 Å². The van der Waals surface area contributed by atoms with E-state index in [4.69, 9.17) is 10.5 Å². The van der Waals surface area contributed by atoms with Crippen LogP contribution in [0, 0.1) is 0 Å². The Morgan fingerprint density at radius 1 is 1.41 bits per heavy atom. The molecule has 4 N–H and O–H groups in total. The second kappa shape index (κ2) is 6.11. The Balaban J connectivity index is 4.79. The van der Waals surface area contributed by atoms with E-state index in [0.717, 1.165) is 0 Å². The summed E-state index contributed by atoms with van der Waals surface area (Å²) in [6, 6.07) is -0.973. The van der Waals surface area contributed by atoms with Crippen LogP contribution < -0.4 is 5.73 Å². The number of hydrogen-bond acceptors (Lipinski definition) is 4. The maximum Gasteiger partial charge on any atom is 0.325 e. The second-order valence-corrected chi connectivity index (χ2v) is 12.8. The number of rotatable bonds is 6. The molecule has 0 rings (SSSR count). The van der Waals surface area contributed by atoms with Gasteiger partial charge < -0.3 is 20.3 Å². The lowest BCUT2D eigenvalue weighted by molar-refractivity contribution is -0.144. The standard InChI is InChI=1S/C9H22NO5PSi/c1-5-15-9(11)7(10)6-8(16(12,13)14)17(2,3)4/h7-8H,5-6,10H2,1-4H3,(H2,12,13,14)/t7-,8+/m0/s1. The Labute approximate surface area is 103 Å². The molecule has 0 spiro atoms. The summed E-state index contributed by atoms with van der Waals surface area (Å²) >= 11 is 0. The molecular weight excluding hydrogens is 261 g/mol. The first-order valence-electron chi connectivity index (χ1n) is 5.47. The Kier molecular flexibility index (Phi) is 6.03. The Bertz CT molecular complexity index is 311. The van der Waals surface area contributed by atoms with E-state index < -0.39 is 33.0 Å². The van der Waals surface area contributed by atoms with Crippen molar-refractivity contribution in [3.63, 3.8) is 0 Å². The van der Waals surface area contributed by atoms with Gasteiger partial charge in [0.25, 0.3) is 0 Å². The molecule has 0 unspecified atom stereocenters. The van der Waals surface area contributed by atoms with Crippen molar-refractivity contribution in [1.82, 2.24) is 0 Å². The van der Waals surface area contributed by atoms with E-state index in [9.17, 15) is 19.1 Å². The molecular formula is C9H22NO5PSi. The van der Waals surface area contributed by atoms with E-state index in [1.54, 1.807) is 6.92 Å². The monoisotopic (exact) mass is 283 g/mol. The maximum atomic E-state index is 11.4. The summed E-state index contributed by atoms with van der Waals surface area (Å²) in [5.41, 5.74) is 5.60. The Morgan fingerprint density at radius 3 is 2.18 bits per heavy atom. The lowest BCUT2D eigenvalue weighted by atomic mass is 10.2. The topological polar surface area (TPSA) is 110 Å². The third-order valence-electron chi connectivity index (χ3n) is 2.47. The molecule has 0 saturated heterocycles. The molecule has 6 nitrogen and oxygen atoms in total. The molecule has 102 valence electrons. The van der Waals surface area contributed by atoms with Gasteiger partial charge in [0, 0.05) is 0 Å². The first-order chi connectivity index (χ1) is 7.50. The minimum absolute atomic E-state index is 0.0289. The van der Waals surface area contributed by atoms with Crippen LogP contribution in [0.5, 0.6) is 0 Å². The smallest absolute Gasteiger partial charge is 0.325 e. The molecule has 0 aliphatic carbocycles. The van der Waals surface area contributed by atoms with Crippen molar-refractivity contribution in [1.29, 1.82) is 0 Å². The van der Waals surface area contributed by atoms with Crippen molar-refractivity contribution >= 4 is 21.6 Å². The molecule has 0 fully saturated rings. The number of ether oxygens (including phenoxy) is 1. The zero-order valence-corrected chi connectivity index (χ0v) is 12.6. The normalized spacial score (nSPS) is 16.4. The van der Waals surface area contributed by atoms with Crippen LogP contribution in [0.3, 0.4) is 0 Å². The first-order valence-corrected chi connectivity index (χ1v) is 10.7. The molecule has 0 bridgehead atoms. The average Bonchev–Trinajstić information content (AvgIpc) is 2.10. The fraction of sp³-hybridized carbons (Fsp3) is 0.889. The quantitative estimate of drug-likeness (QED) is 0.376. The van der Waals surface area contributed by atoms with E-state index >= 15 is 0 Å². The van der Waals surface area contributed by atoms with Gasteiger partial charge >= 0.3 is 13.6 Å². The fourth-order valence-electron chi connectivity index (χ4n) is 1.58. The molecule has 8 heteroatoms. The highest BCUT2D eigenvalue weighted by Gasteiger charge is 2.42. The Morgan fingerprint density at radius 2 is 1.88 bits per heavy atom. The zero-order valence-electron chi connectivity index (χ0n) is 10.7. The number of carbonyl (C=O) groups is 1. The molecule has 0 aromatic carbocycles. The van der Waals surface area contributed by atoms with Crippen LogP contribution in [0.1, 0.15) is 13.3 Å². The van der Waals surface area contributed by atoms with Crippen molar-refractivity contribution in [3.05, 3.63) is 0 Å². The predicted octanol–water partition coefficient (Wildman–Crippen LogP) is 0.691. The number of esters is 1. The van der Waals surface area contributed by atoms with Crippen molar-refractivity contribution in [2.24, 2.45) is 5.73 Å². The highest BCUT2D eigenvalue weighted by molar-refractivity contribution is 7.56. The first kappa shape index (κ1) is 16.8. The highest BCUT2D eigenvalue weighted by Crippen LogP contribution is 2.47. The summed E-state index contributed by atoms with van der Waals surface area (Å²) in [5, 5.41) is -0.825. The van der Waals surface area contributed by atoms with Crippen molar-refractivity contribution < 1.29 is 23.9 Å². The van der Waals surface area contributed by atoms with Gasteiger partial charge in [-0.25, -0.2) is 0 Å². The van der Waals surface area contributed by atoms with E-state index in [1.165, 1.54) is 0 Å². The highest BCUT2D eigenvalue weighted by atomic mass is 31.2. The molecule has 0 aliphatic heterocycles. The average molecular weight is 283 g/mol. The van der Waals surface area contributed by atoms with E-state index in [0.29, 0.717) is 0 Å². The summed E-state index contributed by atoms with van der Waals surface area (Å²) in [6.45, 7) is 7.39. The molecule has 17 heavy (non-hydrogen) atoms. The van der Waals surface area contributed by atoms with Crippen LogP contribution in [0.25, 0.3) is 0 Å². The number of nitrogens with two attached hydrogens (primary N) is 1. The lowest BCUT2D eigenvalue weighted by Gasteiger charge is -2.30. The minimum Gasteiger partial charge on any atom is -0.465 e. The van der Waals surface area contributed by atoms with Crippen molar-refractivity contribution in [2.75, 3.05) is 6.61 Å². The van der Waals surface area contributed by atoms with Gasteiger partial charge in [0.1, 0.15) is 6.04 Å². The van der Waals surface area contributed by atoms with Gasteiger partial charge in [-0.2, -0.15) is 0 Å². The summed E-state index contributed by atoms with van der Waals surface area (Å²) < 4.78 is 16.1. The largest absolute Gasteiger partial charge is 0.465 e. The van der Waals surface area contributed by atoms with E-state index in [2.05, 4.69) is 0 Å². The summed E-state index contributed by atoms with van der Waals surface area (Å²) in [6.07, 6.45) is -0.0289. The summed E-state index contributed by atoms with van der Waals surface area (Å²) in [5.74, 6) is -0.607. The third kappa shape index (κ3) is 5.79. The third-order valence-corrected chi connectivity index (χ3v) is 9.06. The molecule has 0 radical (unpaired) electrons. The van der Waals surface area contributed by atoms with Crippen molar-refractivity contribution in [2.45, 2.75) is 44.3 Å².